The van der Waals surface area contributed by atoms with Crippen LogP contribution in [-0.2, 0) is 14.8 Å². The largest absolute Gasteiger partial charge is 0.379 e. The van der Waals surface area contributed by atoms with Gasteiger partial charge in [0.15, 0.2) is 0 Å². The molecule has 7 heteroatoms. The molecule has 138 valence electrons. The molecule has 0 aromatic heterocycles. The van der Waals surface area contributed by atoms with Crippen LogP contribution in [0.25, 0.3) is 0 Å². The van der Waals surface area contributed by atoms with E-state index >= 15 is 0 Å². The standard InChI is InChI=1S/C19H22N2O4S/c1-14-4-3-5-16(12-14)19(22)20-18-13-17(7-6-15(18)2)26(23,24)21-8-10-25-11-9-21/h3-7,12-13H,8-11H2,1-2H3,(H,20,22). The molecule has 1 heterocycles. The third kappa shape index (κ3) is 3.95. The van der Waals surface area contributed by atoms with Gasteiger partial charge in [-0.25, -0.2) is 8.42 Å². The average Bonchev–Trinajstić information content (AvgIpc) is 2.64. The molecule has 1 aliphatic heterocycles. The molecule has 26 heavy (non-hydrogen) atoms. The van der Waals surface area contributed by atoms with Crippen molar-refractivity contribution in [2.24, 2.45) is 0 Å². The second-order valence-electron chi connectivity index (χ2n) is 6.32. The lowest BCUT2D eigenvalue weighted by molar-refractivity contribution is 0.0730. The molecule has 0 bridgehead atoms. The topological polar surface area (TPSA) is 75.7 Å². The van der Waals surface area contributed by atoms with Crippen LogP contribution < -0.4 is 5.32 Å². The van der Waals surface area contributed by atoms with Crippen LogP contribution in [0.1, 0.15) is 21.5 Å². The first kappa shape index (κ1) is 18.6. The number of nitrogens with zero attached hydrogens (tertiary/aromatic N) is 1. The molecule has 1 aliphatic rings. The molecule has 6 nitrogen and oxygen atoms in total. The Morgan fingerprint density at radius 1 is 1.08 bits per heavy atom. The fraction of sp³-hybridized carbons (Fsp3) is 0.316. The highest BCUT2D eigenvalue weighted by atomic mass is 32.2. The number of carbonyl (C=O) groups is 1. The van der Waals surface area contributed by atoms with Gasteiger partial charge < -0.3 is 10.1 Å². The van der Waals surface area contributed by atoms with Crippen LogP contribution in [0.4, 0.5) is 5.69 Å². The van der Waals surface area contributed by atoms with Gasteiger partial charge in [0, 0.05) is 24.3 Å². The van der Waals surface area contributed by atoms with Gasteiger partial charge in [-0.3, -0.25) is 4.79 Å². The summed E-state index contributed by atoms with van der Waals surface area (Å²) < 4.78 is 32.2. The average molecular weight is 374 g/mol. The zero-order valence-electron chi connectivity index (χ0n) is 14.9. The highest BCUT2D eigenvalue weighted by Crippen LogP contribution is 2.24. The normalized spacial score (nSPS) is 15.6. The number of amides is 1. The maximum absolute atomic E-state index is 12.8. The Morgan fingerprint density at radius 3 is 2.50 bits per heavy atom. The Morgan fingerprint density at radius 2 is 1.81 bits per heavy atom. The minimum atomic E-state index is -3.61. The number of aryl methyl sites for hydroxylation is 2. The van der Waals surface area contributed by atoms with Crippen LogP contribution in [0.3, 0.4) is 0 Å². The summed E-state index contributed by atoms with van der Waals surface area (Å²) in [6.07, 6.45) is 0. The van der Waals surface area contributed by atoms with Crippen LogP contribution >= 0.6 is 0 Å². The van der Waals surface area contributed by atoms with Gasteiger partial charge >= 0.3 is 0 Å². The number of anilines is 1. The second kappa shape index (κ2) is 7.57. The molecule has 1 N–H and O–H groups in total. The van der Waals surface area contributed by atoms with Gasteiger partial charge in [-0.05, 0) is 43.7 Å². The van der Waals surface area contributed by atoms with Crippen molar-refractivity contribution in [2.45, 2.75) is 18.7 Å². The minimum absolute atomic E-state index is 0.171. The summed E-state index contributed by atoms with van der Waals surface area (Å²) in [5.74, 6) is -0.266. The predicted molar refractivity (Wildman–Crippen MR) is 99.9 cm³/mol. The van der Waals surface area contributed by atoms with Crippen molar-refractivity contribution in [2.75, 3.05) is 31.6 Å². The van der Waals surface area contributed by atoms with Gasteiger partial charge in [-0.2, -0.15) is 4.31 Å². The zero-order valence-corrected chi connectivity index (χ0v) is 15.7. The van der Waals surface area contributed by atoms with E-state index in [2.05, 4.69) is 5.32 Å². The summed E-state index contributed by atoms with van der Waals surface area (Å²) in [4.78, 5) is 12.7. The predicted octanol–water partition coefficient (Wildman–Crippen LogP) is 2.58. The van der Waals surface area contributed by atoms with Crippen LogP contribution in [0.2, 0.25) is 0 Å². The fourth-order valence-electron chi connectivity index (χ4n) is 2.81. The number of carbonyl (C=O) groups excluding carboxylic acids is 1. The Labute approximate surface area is 153 Å². The van der Waals surface area contributed by atoms with E-state index in [1.165, 1.54) is 10.4 Å². The van der Waals surface area contributed by atoms with E-state index in [1.807, 2.05) is 26.0 Å². The lowest BCUT2D eigenvalue weighted by Crippen LogP contribution is -2.40. The molecular formula is C19H22N2O4S. The van der Waals surface area contributed by atoms with Crippen LogP contribution in [0.5, 0.6) is 0 Å². The first-order valence-corrected chi connectivity index (χ1v) is 9.88. The molecule has 1 saturated heterocycles. The smallest absolute Gasteiger partial charge is 0.255 e. The summed E-state index contributed by atoms with van der Waals surface area (Å²) in [7, 11) is -3.61. The zero-order chi connectivity index (χ0) is 18.7. The summed E-state index contributed by atoms with van der Waals surface area (Å²) in [6, 6.07) is 12.1. The number of ether oxygens (including phenoxy) is 1. The Balaban J connectivity index is 1.87. The molecule has 0 aliphatic carbocycles. The van der Waals surface area contributed by atoms with Crippen LogP contribution in [0.15, 0.2) is 47.4 Å². The van der Waals surface area contributed by atoms with Gasteiger partial charge in [0.25, 0.3) is 5.91 Å². The van der Waals surface area contributed by atoms with Gasteiger partial charge in [0.05, 0.1) is 18.1 Å². The molecule has 1 fully saturated rings. The van der Waals surface area contributed by atoms with E-state index in [1.54, 1.807) is 24.3 Å². The molecular weight excluding hydrogens is 352 g/mol. The molecule has 0 atom stereocenters. The van der Waals surface area contributed by atoms with Crippen molar-refractivity contribution in [1.29, 1.82) is 0 Å². The SMILES string of the molecule is Cc1cccc(C(=O)Nc2cc(S(=O)(=O)N3CCOCC3)ccc2C)c1. The van der Waals surface area contributed by atoms with E-state index in [-0.39, 0.29) is 10.8 Å². The minimum Gasteiger partial charge on any atom is -0.379 e. The Kier molecular flexibility index (Phi) is 5.41. The first-order chi connectivity index (χ1) is 12.4. The molecule has 0 radical (unpaired) electrons. The first-order valence-electron chi connectivity index (χ1n) is 8.44. The third-order valence-electron chi connectivity index (χ3n) is 4.35. The monoisotopic (exact) mass is 374 g/mol. The van der Waals surface area contributed by atoms with Crippen molar-refractivity contribution in [3.63, 3.8) is 0 Å². The second-order valence-corrected chi connectivity index (χ2v) is 8.25. The van der Waals surface area contributed by atoms with Gasteiger partial charge in [0.1, 0.15) is 0 Å². The number of rotatable bonds is 4. The van der Waals surface area contributed by atoms with E-state index in [0.717, 1.165) is 11.1 Å². The van der Waals surface area contributed by atoms with E-state index < -0.39 is 10.0 Å². The Bertz CT molecular complexity index is 919. The van der Waals surface area contributed by atoms with Gasteiger partial charge in [-0.1, -0.05) is 23.8 Å². The van der Waals surface area contributed by atoms with Crippen molar-refractivity contribution >= 4 is 21.6 Å². The van der Waals surface area contributed by atoms with Crippen molar-refractivity contribution in [3.8, 4) is 0 Å². The van der Waals surface area contributed by atoms with Crippen molar-refractivity contribution in [1.82, 2.24) is 4.31 Å². The maximum Gasteiger partial charge on any atom is 0.255 e. The number of sulfonamides is 1. The Hall–Kier alpha value is -2.22. The van der Waals surface area contributed by atoms with Crippen molar-refractivity contribution < 1.29 is 17.9 Å². The molecule has 2 aromatic rings. The number of hydrogen-bond acceptors (Lipinski definition) is 4. The van der Waals surface area contributed by atoms with Crippen LogP contribution in [0, 0.1) is 13.8 Å². The van der Waals surface area contributed by atoms with Crippen molar-refractivity contribution in [3.05, 3.63) is 59.2 Å². The maximum atomic E-state index is 12.8. The summed E-state index contributed by atoms with van der Waals surface area (Å²) in [6.45, 7) is 5.20. The summed E-state index contributed by atoms with van der Waals surface area (Å²) in [5, 5.41) is 2.82. The van der Waals surface area contributed by atoms with Gasteiger partial charge in [0.2, 0.25) is 10.0 Å². The summed E-state index contributed by atoms with van der Waals surface area (Å²) >= 11 is 0. The fourth-order valence-corrected chi connectivity index (χ4v) is 4.25. The quantitative estimate of drug-likeness (QED) is 0.892. The molecule has 0 unspecified atom stereocenters. The van der Waals surface area contributed by atoms with E-state index in [4.69, 9.17) is 4.74 Å². The lowest BCUT2D eigenvalue weighted by atomic mass is 10.1. The molecule has 0 spiro atoms. The number of benzene rings is 2. The number of hydrogen-bond donors (Lipinski definition) is 1. The molecule has 0 saturated carbocycles. The van der Waals surface area contributed by atoms with Gasteiger partial charge in [-0.15, -0.1) is 0 Å². The third-order valence-corrected chi connectivity index (χ3v) is 6.24. The summed E-state index contributed by atoms with van der Waals surface area (Å²) in [5.41, 5.74) is 2.81. The lowest BCUT2D eigenvalue weighted by Gasteiger charge is -2.26. The molecule has 2 aromatic carbocycles. The van der Waals surface area contributed by atoms with E-state index in [0.29, 0.717) is 37.6 Å². The molecule has 1 amide bonds. The highest BCUT2D eigenvalue weighted by molar-refractivity contribution is 7.89. The number of morpholine rings is 1. The molecule has 3 rings (SSSR count). The highest BCUT2D eigenvalue weighted by Gasteiger charge is 2.26. The van der Waals surface area contributed by atoms with Crippen LogP contribution in [-0.4, -0.2) is 44.9 Å². The van der Waals surface area contributed by atoms with E-state index in [9.17, 15) is 13.2 Å². The number of nitrogens with one attached hydrogen (secondary N) is 1.